The predicted molar refractivity (Wildman–Crippen MR) is 123 cm³/mol. The number of carbonyl (C=O) groups excluding carboxylic acids is 1. The quantitative estimate of drug-likeness (QED) is 0.419. The summed E-state index contributed by atoms with van der Waals surface area (Å²) in [6.07, 6.45) is 1.64. The van der Waals surface area contributed by atoms with Crippen LogP contribution in [0.4, 0.5) is 28.8 Å². The highest BCUT2D eigenvalue weighted by Crippen LogP contribution is 2.41. The first kappa shape index (κ1) is 22.2. The van der Waals surface area contributed by atoms with Gasteiger partial charge in [-0.2, -0.15) is 4.98 Å². The number of hydrogen-bond donors (Lipinski definition) is 3. The van der Waals surface area contributed by atoms with Gasteiger partial charge in [-0.05, 0) is 40.2 Å². The van der Waals surface area contributed by atoms with Crippen molar-refractivity contribution in [3.05, 3.63) is 47.1 Å². The summed E-state index contributed by atoms with van der Waals surface area (Å²) in [7, 11) is 4.66. The molecule has 3 rings (SSSR count). The van der Waals surface area contributed by atoms with Gasteiger partial charge in [0.25, 0.3) is 0 Å². The van der Waals surface area contributed by atoms with Gasteiger partial charge in [0.15, 0.2) is 11.5 Å². The van der Waals surface area contributed by atoms with Crippen LogP contribution in [0.5, 0.6) is 17.2 Å². The van der Waals surface area contributed by atoms with Crippen molar-refractivity contribution in [2.75, 3.05) is 37.3 Å². The van der Waals surface area contributed by atoms with Crippen molar-refractivity contribution in [2.45, 2.75) is 6.92 Å². The van der Waals surface area contributed by atoms with E-state index in [1.54, 1.807) is 51.8 Å². The molecule has 0 fully saturated rings. The number of benzene rings is 2. The van der Waals surface area contributed by atoms with Gasteiger partial charge in [0.05, 0.1) is 25.8 Å². The molecule has 2 aromatic carbocycles. The third kappa shape index (κ3) is 5.54. The van der Waals surface area contributed by atoms with Crippen molar-refractivity contribution in [2.24, 2.45) is 0 Å². The Morgan fingerprint density at radius 3 is 2.06 bits per heavy atom. The van der Waals surface area contributed by atoms with Gasteiger partial charge < -0.3 is 30.2 Å². The number of nitrogens with one attached hydrogen (secondary N) is 3. The van der Waals surface area contributed by atoms with Gasteiger partial charge in [-0.3, -0.25) is 4.79 Å². The van der Waals surface area contributed by atoms with Crippen molar-refractivity contribution < 1.29 is 19.0 Å². The summed E-state index contributed by atoms with van der Waals surface area (Å²) in [6.45, 7) is 1.46. The third-order valence-electron chi connectivity index (χ3n) is 4.13. The number of anilines is 5. The van der Waals surface area contributed by atoms with Crippen LogP contribution in [0.1, 0.15) is 6.92 Å². The predicted octanol–water partition coefficient (Wildman–Crippen LogP) is 4.71. The summed E-state index contributed by atoms with van der Waals surface area (Å²) in [5.41, 5.74) is 2.18. The average Bonchev–Trinajstić information content (AvgIpc) is 2.76. The van der Waals surface area contributed by atoms with Crippen LogP contribution in [0.3, 0.4) is 0 Å². The Kier molecular flexibility index (Phi) is 7.14. The van der Waals surface area contributed by atoms with Crippen molar-refractivity contribution >= 4 is 50.7 Å². The minimum Gasteiger partial charge on any atom is -0.493 e. The standard InChI is InChI=1S/C21H22BrN5O4/c1-12(28)24-13-5-7-14(8-6-13)26-21-23-11-16(22)20(27-21)25-15-9-17(29-2)19(31-4)18(10-15)30-3/h5-11H,1-4H3,(H,24,28)(H2,23,25,26,27). The SMILES string of the molecule is COc1cc(Nc2nc(Nc3ccc(NC(C)=O)cc3)ncc2Br)cc(OC)c1OC. The molecule has 1 amide bonds. The molecule has 31 heavy (non-hydrogen) atoms. The molecule has 0 bridgehead atoms. The van der Waals surface area contributed by atoms with Gasteiger partial charge in [-0.25, -0.2) is 4.98 Å². The topological polar surface area (TPSA) is 107 Å². The van der Waals surface area contributed by atoms with Gasteiger partial charge in [0, 0.05) is 42.3 Å². The van der Waals surface area contributed by atoms with E-state index in [1.165, 1.54) is 6.92 Å². The average molecular weight is 488 g/mol. The maximum Gasteiger partial charge on any atom is 0.229 e. The molecule has 0 aliphatic rings. The Balaban J connectivity index is 1.82. The Bertz CT molecular complexity index is 1050. The molecule has 3 N–H and O–H groups in total. The molecule has 0 atom stereocenters. The van der Waals surface area contributed by atoms with Crippen LogP contribution in [0.15, 0.2) is 47.1 Å². The number of rotatable bonds is 8. The number of halogens is 1. The van der Waals surface area contributed by atoms with Gasteiger partial charge in [-0.1, -0.05) is 0 Å². The number of ether oxygens (including phenoxy) is 3. The molecule has 0 aliphatic carbocycles. The molecule has 0 aliphatic heterocycles. The lowest BCUT2D eigenvalue weighted by atomic mass is 10.2. The van der Waals surface area contributed by atoms with E-state index >= 15 is 0 Å². The maximum atomic E-state index is 11.1. The minimum absolute atomic E-state index is 0.125. The molecule has 0 spiro atoms. The second kappa shape index (κ2) is 9.98. The van der Waals surface area contributed by atoms with E-state index < -0.39 is 0 Å². The van der Waals surface area contributed by atoms with Crippen LogP contribution in [-0.4, -0.2) is 37.2 Å². The molecule has 0 unspecified atom stereocenters. The summed E-state index contributed by atoms with van der Waals surface area (Å²) in [5, 5.41) is 9.09. The fourth-order valence-electron chi connectivity index (χ4n) is 2.77. The molecule has 1 aromatic heterocycles. The van der Waals surface area contributed by atoms with Gasteiger partial charge in [-0.15, -0.1) is 0 Å². The molecule has 0 saturated carbocycles. The van der Waals surface area contributed by atoms with Crippen molar-refractivity contribution in [1.82, 2.24) is 9.97 Å². The van der Waals surface area contributed by atoms with Crippen LogP contribution in [0.2, 0.25) is 0 Å². The Morgan fingerprint density at radius 1 is 0.903 bits per heavy atom. The lowest BCUT2D eigenvalue weighted by Gasteiger charge is -2.15. The van der Waals surface area contributed by atoms with E-state index in [4.69, 9.17) is 14.2 Å². The number of methoxy groups -OCH3 is 3. The lowest BCUT2D eigenvalue weighted by molar-refractivity contribution is -0.114. The van der Waals surface area contributed by atoms with Crippen LogP contribution < -0.4 is 30.2 Å². The van der Waals surface area contributed by atoms with Crippen molar-refractivity contribution in [1.29, 1.82) is 0 Å². The monoisotopic (exact) mass is 487 g/mol. The fourth-order valence-corrected chi connectivity index (χ4v) is 3.06. The highest BCUT2D eigenvalue weighted by atomic mass is 79.9. The summed E-state index contributed by atoms with van der Waals surface area (Å²) in [4.78, 5) is 20.0. The normalized spacial score (nSPS) is 10.2. The van der Waals surface area contributed by atoms with Crippen molar-refractivity contribution in [3.63, 3.8) is 0 Å². The summed E-state index contributed by atoms with van der Waals surface area (Å²) >= 11 is 3.46. The van der Waals surface area contributed by atoms with E-state index in [0.717, 1.165) is 5.69 Å². The highest BCUT2D eigenvalue weighted by molar-refractivity contribution is 9.10. The number of carbonyl (C=O) groups is 1. The first-order valence-corrected chi connectivity index (χ1v) is 9.97. The molecular weight excluding hydrogens is 466 g/mol. The zero-order chi connectivity index (χ0) is 22.4. The Hall–Kier alpha value is -3.53. The van der Waals surface area contributed by atoms with Gasteiger partial charge in [0.2, 0.25) is 17.6 Å². The molecule has 1 heterocycles. The van der Waals surface area contributed by atoms with Crippen LogP contribution >= 0.6 is 15.9 Å². The summed E-state index contributed by atoms with van der Waals surface area (Å²) in [5.74, 6) is 2.35. The van der Waals surface area contributed by atoms with E-state index in [0.29, 0.717) is 44.9 Å². The lowest BCUT2D eigenvalue weighted by Crippen LogP contribution is -2.05. The zero-order valence-electron chi connectivity index (χ0n) is 17.4. The van der Waals surface area contributed by atoms with E-state index in [1.807, 2.05) is 12.1 Å². The van der Waals surface area contributed by atoms with E-state index in [9.17, 15) is 4.79 Å². The number of nitrogens with zero attached hydrogens (tertiary/aromatic N) is 2. The van der Waals surface area contributed by atoms with E-state index in [-0.39, 0.29) is 5.91 Å². The molecule has 3 aromatic rings. The first-order chi connectivity index (χ1) is 14.9. The van der Waals surface area contributed by atoms with Crippen LogP contribution in [0, 0.1) is 0 Å². The maximum absolute atomic E-state index is 11.1. The Morgan fingerprint density at radius 2 is 1.52 bits per heavy atom. The number of aromatic nitrogens is 2. The fraction of sp³-hybridized carbons (Fsp3) is 0.190. The van der Waals surface area contributed by atoms with E-state index in [2.05, 4.69) is 41.8 Å². The number of hydrogen-bond acceptors (Lipinski definition) is 8. The summed E-state index contributed by atoms with van der Waals surface area (Å²) in [6, 6.07) is 10.8. The molecule has 10 heteroatoms. The number of amides is 1. The Labute approximate surface area is 188 Å². The third-order valence-corrected chi connectivity index (χ3v) is 4.71. The summed E-state index contributed by atoms with van der Waals surface area (Å²) < 4.78 is 16.8. The zero-order valence-corrected chi connectivity index (χ0v) is 19.0. The first-order valence-electron chi connectivity index (χ1n) is 9.17. The van der Waals surface area contributed by atoms with Gasteiger partial charge >= 0.3 is 0 Å². The molecule has 9 nitrogen and oxygen atoms in total. The molecule has 0 saturated heterocycles. The molecular formula is C21H22BrN5O4. The van der Waals surface area contributed by atoms with Crippen molar-refractivity contribution in [3.8, 4) is 17.2 Å². The smallest absolute Gasteiger partial charge is 0.229 e. The highest BCUT2D eigenvalue weighted by Gasteiger charge is 2.15. The largest absolute Gasteiger partial charge is 0.493 e. The second-order valence-electron chi connectivity index (χ2n) is 6.31. The minimum atomic E-state index is -0.125. The molecule has 0 radical (unpaired) electrons. The van der Waals surface area contributed by atoms with Crippen LogP contribution in [-0.2, 0) is 4.79 Å². The molecule has 162 valence electrons. The second-order valence-corrected chi connectivity index (χ2v) is 7.17. The van der Waals surface area contributed by atoms with Crippen LogP contribution in [0.25, 0.3) is 0 Å². The van der Waals surface area contributed by atoms with Gasteiger partial charge in [0.1, 0.15) is 5.82 Å².